The smallest absolute Gasteiger partial charge is 0.0931 e. The van der Waals surface area contributed by atoms with Gasteiger partial charge in [-0.3, -0.25) is 0 Å². The summed E-state index contributed by atoms with van der Waals surface area (Å²) in [7, 11) is 4.41. The average Bonchev–Trinajstić information content (AvgIpc) is 2.95. The van der Waals surface area contributed by atoms with Crippen LogP contribution in [-0.2, 0) is 0 Å². The van der Waals surface area contributed by atoms with Gasteiger partial charge in [-0.05, 0) is 50.9 Å². The lowest BCUT2D eigenvalue weighted by atomic mass is 9.95. The Labute approximate surface area is 119 Å². The monoisotopic (exact) mass is 286 g/mol. The first kappa shape index (κ1) is 14.3. The van der Waals surface area contributed by atoms with Crippen LogP contribution >= 0.6 is 22.9 Å². The maximum absolute atomic E-state index is 5.99. The predicted octanol–water partition coefficient (Wildman–Crippen LogP) is 3.93. The first-order chi connectivity index (χ1) is 8.53. The van der Waals surface area contributed by atoms with Crippen molar-refractivity contribution in [2.45, 2.75) is 44.2 Å². The molecule has 0 bridgehead atoms. The SMILES string of the molecule is CC(NCC1(N(C)C)CCCC1)c1csc(Cl)c1. The molecule has 1 unspecified atom stereocenters. The molecule has 1 aliphatic rings. The molecule has 0 spiro atoms. The van der Waals surface area contributed by atoms with Gasteiger partial charge >= 0.3 is 0 Å². The van der Waals surface area contributed by atoms with Gasteiger partial charge in [-0.25, -0.2) is 0 Å². The van der Waals surface area contributed by atoms with E-state index < -0.39 is 0 Å². The number of rotatable bonds is 5. The molecule has 0 amide bonds. The van der Waals surface area contributed by atoms with E-state index in [1.807, 2.05) is 0 Å². The Hall–Kier alpha value is -0.0900. The van der Waals surface area contributed by atoms with Crippen molar-refractivity contribution >= 4 is 22.9 Å². The van der Waals surface area contributed by atoms with Gasteiger partial charge in [-0.15, -0.1) is 11.3 Å². The fourth-order valence-electron chi connectivity index (χ4n) is 2.83. The summed E-state index contributed by atoms with van der Waals surface area (Å²) in [5.41, 5.74) is 1.66. The maximum atomic E-state index is 5.99. The van der Waals surface area contributed by atoms with E-state index in [4.69, 9.17) is 11.6 Å². The van der Waals surface area contributed by atoms with Crippen LogP contribution in [0.3, 0.4) is 0 Å². The molecular weight excluding hydrogens is 264 g/mol. The molecule has 1 aliphatic carbocycles. The fourth-order valence-corrected chi connectivity index (χ4v) is 3.81. The van der Waals surface area contributed by atoms with Crippen molar-refractivity contribution in [2.24, 2.45) is 0 Å². The van der Waals surface area contributed by atoms with E-state index in [9.17, 15) is 0 Å². The maximum Gasteiger partial charge on any atom is 0.0931 e. The molecule has 1 aromatic heterocycles. The van der Waals surface area contributed by atoms with Gasteiger partial charge < -0.3 is 10.2 Å². The normalized spacial score (nSPS) is 20.5. The van der Waals surface area contributed by atoms with E-state index in [1.54, 1.807) is 11.3 Å². The van der Waals surface area contributed by atoms with Crippen LogP contribution in [-0.4, -0.2) is 31.1 Å². The summed E-state index contributed by atoms with van der Waals surface area (Å²) in [6, 6.07) is 2.45. The van der Waals surface area contributed by atoms with Crippen molar-refractivity contribution in [1.29, 1.82) is 0 Å². The molecule has 2 rings (SSSR count). The third-order valence-electron chi connectivity index (χ3n) is 4.31. The third kappa shape index (κ3) is 3.08. The molecular formula is C14H23ClN2S. The molecule has 1 N–H and O–H groups in total. The Kier molecular flexibility index (Phi) is 4.70. The van der Waals surface area contributed by atoms with Gasteiger partial charge in [0.25, 0.3) is 0 Å². The zero-order chi connectivity index (χ0) is 13.2. The van der Waals surface area contributed by atoms with Crippen LogP contribution in [0.15, 0.2) is 11.4 Å². The molecule has 0 saturated heterocycles. The summed E-state index contributed by atoms with van der Waals surface area (Å²) in [6.45, 7) is 3.28. The Morgan fingerprint density at radius 2 is 2.11 bits per heavy atom. The summed E-state index contributed by atoms with van der Waals surface area (Å²) in [6.07, 6.45) is 5.34. The lowest BCUT2D eigenvalue weighted by molar-refractivity contribution is 0.150. The molecule has 4 heteroatoms. The van der Waals surface area contributed by atoms with Crippen molar-refractivity contribution in [2.75, 3.05) is 20.6 Å². The molecule has 1 aromatic rings. The van der Waals surface area contributed by atoms with E-state index in [2.05, 4.69) is 42.7 Å². The highest BCUT2D eigenvalue weighted by atomic mass is 35.5. The highest BCUT2D eigenvalue weighted by Gasteiger charge is 2.35. The summed E-state index contributed by atoms with van der Waals surface area (Å²) < 4.78 is 0.877. The third-order valence-corrected chi connectivity index (χ3v) is 5.42. The summed E-state index contributed by atoms with van der Waals surface area (Å²) in [4.78, 5) is 2.40. The molecule has 18 heavy (non-hydrogen) atoms. The topological polar surface area (TPSA) is 15.3 Å². The highest BCUT2D eigenvalue weighted by Crippen LogP contribution is 2.34. The van der Waals surface area contributed by atoms with Crippen LogP contribution in [0, 0.1) is 0 Å². The van der Waals surface area contributed by atoms with Gasteiger partial charge in [0.15, 0.2) is 0 Å². The number of hydrogen-bond donors (Lipinski definition) is 1. The van der Waals surface area contributed by atoms with E-state index in [-0.39, 0.29) is 0 Å². The van der Waals surface area contributed by atoms with E-state index in [1.165, 1.54) is 31.2 Å². The van der Waals surface area contributed by atoms with Gasteiger partial charge in [-0.2, -0.15) is 0 Å². The Balaban J connectivity index is 1.94. The minimum atomic E-state index is 0.355. The van der Waals surface area contributed by atoms with Gasteiger partial charge in [0, 0.05) is 18.1 Å². The Morgan fingerprint density at radius 3 is 2.61 bits per heavy atom. The number of thiophene rings is 1. The Bertz CT molecular complexity index is 383. The minimum absolute atomic E-state index is 0.355. The standard InChI is InChI=1S/C14H23ClN2S/c1-11(12-8-13(15)18-9-12)16-10-14(17(2)3)6-4-5-7-14/h8-9,11,16H,4-7,10H2,1-3H3. The first-order valence-corrected chi connectivity index (χ1v) is 7.94. The highest BCUT2D eigenvalue weighted by molar-refractivity contribution is 7.14. The molecule has 0 aliphatic heterocycles. The van der Waals surface area contributed by atoms with Crippen LogP contribution in [0.2, 0.25) is 4.34 Å². The fraction of sp³-hybridized carbons (Fsp3) is 0.714. The number of hydrogen-bond acceptors (Lipinski definition) is 3. The second-order valence-corrected chi connectivity index (χ2v) is 7.16. The second kappa shape index (κ2) is 5.91. The number of halogens is 1. The zero-order valence-corrected chi connectivity index (χ0v) is 13.1. The van der Waals surface area contributed by atoms with Gasteiger partial charge in [0.05, 0.1) is 4.34 Å². The van der Waals surface area contributed by atoms with Gasteiger partial charge in [0.2, 0.25) is 0 Å². The molecule has 2 nitrogen and oxygen atoms in total. The molecule has 1 heterocycles. The predicted molar refractivity (Wildman–Crippen MR) is 80.6 cm³/mol. The van der Waals surface area contributed by atoms with Crippen LogP contribution < -0.4 is 5.32 Å². The lowest BCUT2D eigenvalue weighted by Crippen LogP contribution is -2.49. The molecule has 0 radical (unpaired) electrons. The van der Waals surface area contributed by atoms with Crippen LogP contribution in [0.1, 0.15) is 44.2 Å². The van der Waals surface area contributed by atoms with Crippen molar-refractivity contribution in [3.05, 3.63) is 21.3 Å². The minimum Gasteiger partial charge on any atom is -0.308 e. The molecule has 1 atom stereocenters. The number of nitrogens with zero attached hydrogens (tertiary/aromatic N) is 1. The Morgan fingerprint density at radius 1 is 1.44 bits per heavy atom. The number of likely N-dealkylation sites (N-methyl/N-ethyl adjacent to an activating group) is 1. The van der Waals surface area contributed by atoms with Gasteiger partial charge in [0.1, 0.15) is 0 Å². The quantitative estimate of drug-likeness (QED) is 0.882. The largest absolute Gasteiger partial charge is 0.308 e. The van der Waals surface area contributed by atoms with Crippen molar-refractivity contribution in [3.63, 3.8) is 0 Å². The van der Waals surface area contributed by atoms with E-state index >= 15 is 0 Å². The van der Waals surface area contributed by atoms with Crippen LogP contribution in [0.4, 0.5) is 0 Å². The first-order valence-electron chi connectivity index (χ1n) is 6.68. The second-order valence-electron chi connectivity index (χ2n) is 5.61. The van der Waals surface area contributed by atoms with Crippen molar-refractivity contribution < 1.29 is 0 Å². The molecule has 1 saturated carbocycles. The van der Waals surface area contributed by atoms with Crippen molar-refractivity contribution in [3.8, 4) is 0 Å². The average molecular weight is 287 g/mol. The zero-order valence-electron chi connectivity index (χ0n) is 11.5. The number of nitrogens with one attached hydrogen (secondary N) is 1. The van der Waals surface area contributed by atoms with Crippen LogP contribution in [0.25, 0.3) is 0 Å². The van der Waals surface area contributed by atoms with Crippen molar-refractivity contribution in [1.82, 2.24) is 10.2 Å². The summed E-state index contributed by atoms with van der Waals surface area (Å²) in [5, 5.41) is 5.83. The van der Waals surface area contributed by atoms with Crippen LogP contribution in [0.5, 0.6) is 0 Å². The molecule has 1 fully saturated rings. The summed E-state index contributed by atoms with van der Waals surface area (Å²) in [5.74, 6) is 0. The lowest BCUT2D eigenvalue weighted by Gasteiger charge is -2.37. The van der Waals surface area contributed by atoms with E-state index in [0.717, 1.165) is 10.9 Å². The van der Waals surface area contributed by atoms with E-state index in [0.29, 0.717) is 11.6 Å². The molecule has 102 valence electrons. The van der Waals surface area contributed by atoms with Gasteiger partial charge in [-0.1, -0.05) is 24.4 Å². The molecule has 0 aromatic carbocycles. The summed E-state index contributed by atoms with van der Waals surface area (Å²) >= 11 is 7.60.